The van der Waals surface area contributed by atoms with E-state index >= 15 is 0 Å². The molecule has 106 valence electrons. The van der Waals surface area contributed by atoms with Crippen molar-refractivity contribution in [2.45, 2.75) is 19.2 Å². The second kappa shape index (κ2) is 6.37. The Labute approximate surface area is 107 Å². The molecule has 0 aliphatic rings. The predicted octanol–water partition coefficient (Wildman–Crippen LogP) is 3.11. The number of hydrogen-bond donors (Lipinski definition) is 1. The number of alkyl halides is 3. The Hall–Kier alpha value is -1.83. The van der Waals surface area contributed by atoms with Gasteiger partial charge in [0.2, 0.25) is 0 Å². The van der Waals surface area contributed by atoms with Crippen LogP contribution >= 0.6 is 0 Å². The average molecular weight is 278 g/mol. The minimum atomic E-state index is -4.27. The highest BCUT2D eigenvalue weighted by atomic mass is 19.4. The number of nitrogens with zero attached hydrogens (tertiary/aromatic N) is 1. The van der Waals surface area contributed by atoms with Crippen molar-refractivity contribution in [3.8, 4) is 0 Å². The first-order valence-corrected chi connectivity index (χ1v) is 5.43. The van der Waals surface area contributed by atoms with Crippen LogP contribution in [0.3, 0.4) is 0 Å². The zero-order valence-corrected chi connectivity index (χ0v) is 10.2. The molecule has 8 heteroatoms. The molecule has 0 fully saturated rings. The van der Waals surface area contributed by atoms with Gasteiger partial charge < -0.3 is 10.1 Å². The summed E-state index contributed by atoms with van der Waals surface area (Å²) in [5, 5.41) is 13.4. The summed E-state index contributed by atoms with van der Waals surface area (Å²) in [4.78, 5) is 10.2. The van der Waals surface area contributed by atoms with Crippen molar-refractivity contribution in [1.29, 1.82) is 0 Å². The van der Waals surface area contributed by atoms with Crippen LogP contribution in [0.4, 0.5) is 24.5 Å². The normalized spacial score (nSPS) is 11.4. The van der Waals surface area contributed by atoms with Crippen molar-refractivity contribution in [2.24, 2.45) is 0 Å². The van der Waals surface area contributed by atoms with Crippen LogP contribution in [0.1, 0.15) is 12.0 Å². The van der Waals surface area contributed by atoms with Gasteiger partial charge in [-0.25, -0.2) is 0 Å². The Balaban J connectivity index is 2.68. The maximum Gasteiger partial charge on any atom is 0.391 e. The molecule has 0 amide bonds. The Morgan fingerprint density at radius 1 is 1.42 bits per heavy atom. The minimum absolute atomic E-state index is 0.117. The number of anilines is 1. The third-order valence-electron chi connectivity index (χ3n) is 2.36. The van der Waals surface area contributed by atoms with Crippen molar-refractivity contribution >= 4 is 11.4 Å². The summed E-state index contributed by atoms with van der Waals surface area (Å²) in [7, 11) is 1.50. The summed E-state index contributed by atoms with van der Waals surface area (Å²) in [5.74, 6) is 0. The number of ether oxygens (including phenoxy) is 1. The fourth-order valence-corrected chi connectivity index (χ4v) is 1.52. The van der Waals surface area contributed by atoms with E-state index in [1.807, 2.05) is 0 Å². The van der Waals surface area contributed by atoms with E-state index in [0.29, 0.717) is 5.56 Å². The SMILES string of the molecule is CNc1c(COCCC(F)(F)F)cccc1[N+](=O)[O-]. The van der Waals surface area contributed by atoms with E-state index in [-0.39, 0.29) is 18.0 Å². The van der Waals surface area contributed by atoms with Crippen LogP contribution in [0, 0.1) is 10.1 Å². The number of para-hydroxylation sites is 1. The molecule has 1 rings (SSSR count). The van der Waals surface area contributed by atoms with Gasteiger partial charge in [0, 0.05) is 18.7 Å². The Morgan fingerprint density at radius 3 is 2.63 bits per heavy atom. The lowest BCUT2D eigenvalue weighted by Crippen LogP contribution is -2.12. The van der Waals surface area contributed by atoms with Crippen LogP contribution in [-0.4, -0.2) is 24.8 Å². The molecule has 0 atom stereocenters. The van der Waals surface area contributed by atoms with Gasteiger partial charge in [0.1, 0.15) is 5.69 Å². The number of halogens is 3. The van der Waals surface area contributed by atoms with Crippen molar-refractivity contribution in [2.75, 3.05) is 19.0 Å². The standard InChI is InChI=1S/C11H13F3N2O3/c1-15-10-8(3-2-4-9(10)16(17)18)7-19-6-5-11(12,13)14/h2-4,15H,5-7H2,1H3. The van der Waals surface area contributed by atoms with Gasteiger partial charge in [-0.15, -0.1) is 0 Å². The second-order valence-electron chi connectivity index (χ2n) is 3.74. The van der Waals surface area contributed by atoms with Gasteiger partial charge >= 0.3 is 6.18 Å². The van der Waals surface area contributed by atoms with Crippen LogP contribution in [-0.2, 0) is 11.3 Å². The molecule has 1 aromatic carbocycles. The van der Waals surface area contributed by atoms with E-state index in [2.05, 4.69) is 5.32 Å². The third kappa shape index (κ3) is 4.74. The zero-order valence-electron chi connectivity index (χ0n) is 10.2. The highest BCUT2D eigenvalue weighted by Crippen LogP contribution is 2.28. The van der Waals surface area contributed by atoms with Crippen LogP contribution < -0.4 is 5.32 Å². The first-order chi connectivity index (χ1) is 8.85. The van der Waals surface area contributed by atoms with Crippen molar-refractivity contribution < 1.29 is 22.8 Å². The number of nitrogens with one attached hydrogen (secondary N) is 1. The first kappa shape index (κ1) is 15.2. The topological polar surface area (TPSA) is 64.4 Å². The van der Waals surface area contributed by atoms with Gasteiger partial charge in [-0.05, 0) is 0 Å². The summed E-state index contributed by atoms with van der Waals surface area (Å²) >= 11 is 0. The second-order valence-corrected chi connectivity index (χ2v) is 3.74. The summed E-state index contributed by atoms with van der Waals surface area (Å²) in [6, 6.07) is 4.33. The molecular weight excluding hydrogens is 265 g/mol. The molecule has 5 nitrogen and oxygen atoms in total. The summed E-state index contributed by atoms with van der Waals surface area (Å²) in [5.41, 5.74) is 0.554. The molecule has 0 radical (unpaired) electrons. The van der Waals surface area contributed by atoms with Crippen molar-refractivity contribution in [3.63, 3.8) is 0 Å². The zero-order chi connectivity index (χ0) is 14.5. The number of benzene rings is 1. The van der Waals surface area contributed by atoms with Crippen LogP contribution in [0.25, 0.3) is 0 Å². The quantitative estimate of drug-likeness (QED) is 0.493. The lowest BCUT2D eigenvalue weighted by Gasteiger charge is -2.11. The number of rotatable bonds is 6. The predicted molar refractivity (Wildman–Crippen MR) is 63.0 cm³/mol. The molecule has 0 spiro atoms. The fraction of sp³-hybridized carbons (Fsp3) is 0.455. The van der Waals surface area contributed by atoms with Crippen LogP contribution in [0.15, 0.2) is 18.2 Å². The largest absolute Gasteiger partial charge is 0.391 e. The van der Waals surface area contributed by atoms with Gasteiger partial charge in [-0.1, -0.05) is 12.1 Å². The Bertz CT molecular complexity index is 449. The van der Waals surface area contributed by atoms with E-state index in [4.69, 9.17) is 4.74 Å². The molecular formula is C11H13F3N2O3. The molecule has 0 heterocycles. The molecule has 19 heavy (non-hydrogen) atoms. The summed E-state index contributed by atoms with van der Waals surface area (Å²) in [6.45, 7) is -0.594. The van der Waals surface area contributed by atoms with Gasteiger partial charge in [0.25, 0.3) is 5.69 Å². The summed E-state index contributed by atoms with van der Waals surface area (Å²) in [6.07, 6.45) is -5.31. The lowest BCUT2D eigenvalue weighted by molar-refractivity contribution is -0.384. The van der Waals surface area contributed by atoms with Gasteiger partial charge in [-0.3, -0.25) is 10.1 Å². The van der Waals surface area contributed by atoms with Gasteiger partial charge in [0.15, 0.2) is 0 Å². The molecule has 0 aliphatic carbocycles. The van der Waals surface area contributed by atoms with Gasteiger partial charge in [0.05, 0.1) is 24.6 Å². The van der Waals surface area contributed by atoms with E-state index < -0.39 is 24.1 Å². The highest BCUT2D eigenvalue weighted by molar-refractivity contribution is 5.65. The Morgan fingerprint density at radius 2 is 2.11 bits per heavy atom. The fourth-order valence-electron chi connectivity index (χ4n) is 1.52. The van der Waals surface area contributed by atoms with Crippen molar-refractivity contribution in [1.82, 2.24) is 0 Å². The van der Waals surface area contributed by atoms with E-state index in [9.17, 15) is 23.3 Å². The molecule has 0 unspecified atom stereocenters. The monoisotopic (exact) mass is 278 g/mol. The van der Waals surface area contributed by atoms with E-state index in [1.54, 1.807) is 6.07 Å². The molecule has 0 aromatic heterocycles. The highest BCUT2D eigenvalue weighted by Gasteiger charge is 2.26. The molecule has 1 N–H and O–H groups in total. The minimum Gasteiger partial charge on any atom is -0.382 e. The average Bonchev–Trinajstić information content (AvgIpc) is 2.32. The number of hydrogen-bond acceptors (Lipinski definition) is 4. The van der Waals surface area contributed by atoms with E-state index in [1.165, 1.54) is 19.2 Å². The smallest absolute Gasteiger partial charge is 0.382 e. The van der Waals surface area contributed by atoms with Crippen LogP contribution in [0.2, 0.25) is 0 Å². The van der Waals surface area contributed by atoms with E-state index in [0.717, 1.165) is 0 Å². The lowest BCUT2D eigenvalue weighted by atomic mass is 10.1. The number of nitro benzene ring substituents is 1. The molecule has 1 aromatic rings. The number of nitro groups is 1. The maximum atomic E-state index is 11.9. The molecule has 0 saturated heterocycles. The Kier molecular flexibility index (Phi) is 5.11. The third-order valence-corrected chi connectivity index (χ3v) is 2.36. The van der Waals surface area contributed by atoms with Crippen LogP contribution in [0.5, 0.6) is 0 Å². The van der Waals surface area contributed by atoms with Gasteiger partial charge in [-0.2, -0.15) is 13.2 Å². The van der Waals surface area contributed by atoms with Crippen molar-refractivity contribution in [3.05, 3.63) is 33.9 Å². The molecule has 0 saturated carbocycles. The maximum absolute atomic E-state index is 11.9. The summed E-state index contributed by atoms with van der Waals surface area (Å²) < 4.78 is 40.6. The molecule has 0 aliphatic heterocycles. The molecule has 0 bridgehead atoms. The first-order valence-electron chi connectivity index (χ1n) is 5.43.